The van der Waals surface area contributed by atoms with Crippen LogP contribution in [-0.4, -0.2) is 21.7 Å². The topological polar surface area (TPSA) is 67.0 Å². The molecule has 130 valence electrons. The number of H-pyrrole nitrogens is 1. The Morgan fingerprint density at radius 1 is 1.33 bits per heavy atom. The van der Waals surface area contributed by atoms with Gasteiger partial charge in [-0.15, -0.1) is 0 Å². The molecule has 6 heteroatoms. The van der Waals surface area contributed by atoms with Gasteiger partial charge in [0.25, 0.3) is 0 Å². The third-order valence-electron chi connectivity index (χ3n) is 3.36. The molecule has 0 saturated heterocycles. The Balaban J connectivity index is 2.19. The van der Waals surface area contributed by atoms with Crippen molar-refractivity contribution in [2.24, 2.45) is 5.92 Å². The number of amides is 1. The molecule has 0 radical (unpaired) electrons. The van der Waals surface area contributed by atoms with Crippen LogP contribution in [0.3, 0.4) is 0 Å². The summed E-state index contributed by atoms with van der Waals surface area (Å²) in [5, 5.41) is 3.55. The highest BCUT2D eigenvalue weighted by Crippen LogP contribution is 2.25. The largest absolute Gasteiger partial charge is 0.444 e. The second-order valence-electron chi connectivity index (χ2n) is 7.06. The number of rotatable bonds is 4. The second-order valence-corrected chi connectivity index (χ2v) is 7.50. The lowest BCUT2D eigenvalue weighted by molar-refractivity contribution is 0.0486. The highest BCUT2D eigenvalue weighted by molar-refractivity contribution is 6.30. The van der Waals surface area contributed by atoms with Crippen molar-refractivity contribution in [2.45, 2.75) is 46.3 Å². The van der Waals surface area contributed by atoms with E-state index in [0.717, 1.165) is 11.3 Å². The molecule has 2 rings (SSSR count). The molecule has 1 aromatic carbocycles. The first-order valence-electron chi connectivity index (χ1n) is 7.96. The van der Waals surface area contributed by atoms with Gasteiger partial charge < -0.3 is 15.0 Å². The van der Waals surface area contributed by atoms with Crippen LogP contribution in [0.4, 0.5) is 4.79 Å². The normalized spacial score (nSPS) is 13.0. The number of nitrogens with one attached hydrogen (secondary N) is 2. The van der Waals surface area contributed by atoms with Crippen molar-refractivity contribution in [3.8, 4) is 11.3 Å². The molecule has 1 aromatic heterocycles. The minimum atomic E-state index is -0.541. The number of imidazole rings is 1. The Morgan fingerprint density at radius 3 is 2.62 bits per heavy atom. The number of aromatic amines is 1. The summed E-state index contributed by atoms with van der Waals surface area (Å²) in [4.78, 5) is 19.8. The van der Waals surface area contributed by atoms with Crippen molar-refractivity contribution in [1.82, 2.24) is 15.3 Å². The van der Waals surface area contributed by atoms with E-state index in [1.54, 1.807) is 6.20 Å². The van der Waals surface area contributed by atoms with Crippen LogP contribution in [0.2, 0.25) is 5.02 Å². The standard InChI is InChI=1S/C18H24ClN3O2/c1-11(2)15(22-17(23)24-18(3,4)5)16-20-10-14(21-16)12-7-6-8-13(19)9-12/h6-11,15H,1-5H3,(H,20,21)(H,22,23)/t15-/m0/s1. The molecule has 1 amide bonds. The predicted molar refractivity (Wildman–Crippen MR) is 96.0 cm³/mol. The molecule has 0 saturated carbocycles. The lowest BCUT2D eigenvalue weighted by Gasteiger charge is -2.24. The van der Waals surface area contributed by atoms with Gasteiger partial charge >= 0.3 is 6.09 Å². The summed E-state index contributed by atoms with van der Waals surface area (Å²) in [5.41, 5.74) is 1.26. The molecule has 0 unspecified atom stereocenters. The summed E-state index contributed by atoms with van der Waals surface area (Å²) < 4.78 is 5.34. The number of alkyl carbamates (subject to hydrolysis) is 1. The van der Waals surface area contributed by atoms with Crippen molar-refractivity contribution >= 4 is 17.7 Å². The van der Waals surface area contributed by atoms with E-state index in [2.05, 4.69) is 15.3 Å². The van der Waals surface area contributed by atoms with E-state index in [9.17, 15) is 4.79 Å². The maximum absolute atomic E-state index is 12.1. The Hall–Kier alpha value is -2.01. The van der Waals surface area contributed by atoms with Crippen LogP contribution < -0.4 is 5.32 Å². The molecule has 5 nitrogen and oxygen atoms in total. The summed E-state index contributed by atoms with van der Waals surface area (Å²) in [6.45, 7) is 9.54. The van der Waals surface area contributed by atoms with Crippen LogP contribution in [-0.2, 0) is 4.74 Å². The number of halogens is 1. The van der Waals surface area contributed by atoms with Crippen molar-refractivity contribution in [3.63, 3.8) is 0 Å². The number of ether oxygens (including phenoxy) is 1. The quantitative estimate of drug-likeness (QED) is 0.820. The summed E-state index contributed by atoms with van der Waals surface area (Å²) in [6.07, 6.45) is 1.29. The fourth-order valence-electron chi connectivity index (χ4n) is 2.28. The highest BCUT2D eigenvalue weighted by Gasteiger charge is 2.24. The molecule has 24 heavy (non-hydrogen) atoms. The number of aromatic nitrogens is 2. The van der Waals surface area contributed by atoms with E-state index in [0.29, 0.717) is 10.8 Å². The summed E-state index contributed by atoms with van der Waals surface area (Å²) >= 11 is 6.04. The molecule has 0 aliphatic rings. The van der Waals surface area contributed by atoms with Crippen LogP contribution in [0.1, 0.15) is 46.5 Å². The molecular weight excluding hydrogens is 326 g/mol. The zero-order chi connectivity index (χ0) is 17.9. The van der Waals surface area contributed by atoms with Crippen LogP contribution in [0.15, 0.2) is 30.5 Å². The molecule has 0 bridgehead atoms. The summed E-state index contributed by atoms with van der Waals surface area (Å²) in [5.74, 6) is 0.835. The van der Waals surface area contributed by atoms with Gasteiger partial charge in [-0.05, 0) is 38.8 Å². The maximum atomic E-state index is 12.1. The third kappa shape index (κ3) is 4.99. The van der Waals surface area contributed by atoms with Crippen molar-refractivity contribution in [2.75, 3.05) is 0 Å². The monoisotopic (exact) mass is 349 g/mol. The van der Waals surface area contributed by atoms with Gasteiger partial charge in [0, 0.05) is 10.6 Å². The van der Waals surface area contributed by atoms with E-state index in [-0.39, 0.29) is 12.0 Å². The molecule has 0 aliphatic heterocycles. The Morgan fingerprint density at radius 2 is 2.04 bits per heavy atom. The van der Waals surface area contributed by atoms with Crippen molar-refractivity contribution < 1.29 is 9.53 Å². The van der Waals surface area contributed by atoms with Crippen molar-refractivity contribution in [3.05, 3.63) is 41.3 Å². The fourth-order valence-corrected chi connectivity index (χ4v) is 2.47. The summed E-state index contributed by atoms with van der Waals surface area (Å²) in [7, 11) is 0. The smallest absolute Gasteiger partial charge is 0.408 e. The number of carbonyl (C=O) groups excluding carboxylic acids is 1. The number of nitrogens with zero attached hydrogens (tertiary/aromatic N) is 1. The first-order valence-corrected chi connectivity index (χ1v) is 8.34. The predicted octanol–water partition coefficient (Wildman–Crippen LogP) is 4.95. The zero-order valence-electron chi connectivity index (χ0n) is 14.7. The molecule has 0 aliphatic carbocycles. The maximum Gasteiger partial charge on any atom is 0.408 e. The van der Waals surface area contributed by atoms with Crippen LogP contribution in [0, 0.1) is 5.92 Å². The van der Waals surface area contributed by atoms with E-state index in [1.807, 2.05) is 58.9 Å². The van der Waals surface area contributed by atoms with E-state index in [4.69, 9.17) is 16.3 Å². The molecule has 2 aromatic rings. The first kappa shape index (κ1) is 18.3. The first-order chi connectivity index (χ1) is 11.2. The molecule has 1 heterocycles. The third-order valence-corrected chi connectivity index (χ3v) is 3.60. The van der Waals surface area contributed by atoms with E-state index < -0.39 is 11.7 Å². The van der Waals surface area contributed by atoms with Crippen LogP contribution in [0.5, 0.6) is 0 Å². The van der Waals surface area contributed by atoms with Gasteiger partial charge in [-0.3, -0.25) is 0 Å². The molecule has 2 N–H and O–H groups in total. The molecule has 0 fully saturated rings. The lowest BCUT2D eigenvalue weighted by atomic mass is 10.0. The Labute approximate surface area is 147 Å². The highest BCUT2D eigenvalue weighted by atomic mass is 35.5. The number of hydrogen-bond acceptors (Lipinski definition) is 3. The van der Waals surface area contributed by atoms with Gasteiger partial charge in [-0.25, -0.2) is 9.78 Å². The molecule has 1 atom stereocenters. The van der Waals surface area contributed by atoms with Gasteiger partial charge in [-0.1, -0.05) is 37.6 Å². The average Bonchev–Trinajstić information content (AvgIpc) is 2.92. The molecular formula is C18H24ClN3O2. The average molecular weight is 350 g/mol. The van der Waals surface area contributed by atoms with Crippen LogP contribution >= 0.6 is 11.6 Å². The van der Waals surface area contributed by atoms with E-state index >= 15 is 0 Å². The fraction of sp³-hybridized carbons (Fsp3) is 0.444. The Kier molecular flexibility index (Phi) is 5.54. The van der Waals surface area contributed by atoms with Gasteiger partial charge in [0.15, 0.2) is 0 Å². The van der Waals surface area contributed by atoms with Gasteiger partial charge in [0.2, 0.25) is 0 Å². The van der Waals surface area contributed by atoms with Gasteiger partial charge in [0.1, 0.15) is 11.4 Å². The number of carbonyl (C=O) groups is 1. The van der Waals surface area contributed by atoms with Crippen LogP contribution in [0.25, 0.3) is 11.3 Å². The molecule has 0 spiro atoms. The van der Waals surface area contributed by atoms with E-state index in [1.165, 1.54) is 0 Å². The lowest BCUT2D eigenvalue weighted by Crippen LogP contribution is -2.37. The minimum absolute atomic E-state index is 0.149. The number of benzene rings is 1. The summed E-state index contributed by atoms with van der Waals surface area (Å²) in [6, 6.07) is 7.26. The number of hydrogen-bond donors (Lipinski definition) is 2. The van der Waals surface area contributed by atoms with Gasteiger partial charge in [0.05, 0.1) is 17.9 Å². The second kappa shape index (κ2) is 7.26. The van der Waals surface area contributed by atoms with Gasteiger partial charge in [-0.2, -0.15) is 0 Å². The van der Waals surface area contributed by atoms with Crippen molar-refractivity contribution in [1.29, 1.82) is 0 Å². The minimum Gasteiger partial charge on any atom is -0.444 e. The Bertz CT molecular complexity index is 704. The SMILES string of the molecule is CC(C)[C@H](NC(=O)OC(C)(C)C)c1ncc(-c2cccc(Cl)c2)[nH]1. The zero-order valence-corrected chi connectivity index (χ0v) is 15.4.